The quantitative estimate of drug-likeness (QED) is 0.875. The number of ether oxygens (including phenoxy) is 2. The van der Waals surface area contributed by atoms with Crippen LogP contribution in [0, 0.1) is 5.82 Å². The summed E-state index contributed by atoms with van der Waals surface area (Å²) in [6.07, 6.45) is 0. The molecule has 0 aromatic heterocycles. The molecule has 1 N–H and O–H groups in total. The van der Waals surface area contributed by atoms with Crippen LogP contribution >= 0.6 is 0 Å². The normalized spacial score (nSPS) is 16.6. The summed E-state index contributed by atoms with van der Waals surface area (Å²) in [5.74, 6) is 0.0283. The number of rotatable bonds is 5. The summed E-state index contributed by atoms with van der Waals surface area (Å²) in [6.45, 7) is 5.01. The van der Waals surface area contributed by atoms with Gasteiger partial charge in [0.1, 0.15) is 0 Å². The van der Waals surface area contributed by atoms with Crippen LogP contribution in [0.25, 0.3) is 0 Å². The zero-order chi connectivity index (χ0) is 13.7. The number of nitrogens with one attached hydrogen (secondary N) is 1. The predicted octanol–water partition coefficient (Wildman–Crippen LogP) is 1.39. The smallest absolute Gasteiger partial charge is 0.165 e. The average Bonchev–Trinajstić information content (AvgIpc) is 2.40. The number of hydrogen-bond acceptors (Lipinski definition) is 4. The van der Waals surface area contributed by atoms with Crippen molar-refractivity contribution < 1.29 is 13.9 Å². The van der Waals surface area contributed by atoms with Crippen LogP contribution in [0.2, 0.25) is 0 Å². The Morgan fingerprint density at radius 2 is 2.00 bits per heavy atom. The molecule has 19 heavy (non-hydrogen) atoms. The van der Waals surface area contributed by atoms with Gasteiger partial charge in [0.2, 0.25) is 0 Å². The molecular formula is C14H21FN2O2. The Morgan fingerprint density at radius 1 is 1.26 bits per heavy atom. The highest BCUT2D eigenvalue weighted by atomic mass is 19.1. The summed E-state index contributed by atoms with van der Waals surface area (Å²) >= 11 is 0. The van der Waals surface area contributed by atoms with Crippen LogP contribution in [-0.2, 0) is 17.9 Å². The highest BCUT2D eigenvalue weighted by Gasteiger charge is 2.16. The Labute approximate surface area is 113 Å². The summed E-state index contributed by atoms with van der Waals surface area (Å²) in [5, 5.41) is 3.31. The lowest BCUT2D eigenvalue weighted by Gasteiger charge is -2.28. The van der Waals surface area contributed by atoms with E-state index < -0.39 is 0 Å². The van der Waals surface area contributed by atoms with Crippen molar-refractivity contribution in [3.05, 3.63) is 29.1 Å². The molecule has 106 valence electrons. The van der Waals surface area contributed by atoms with E-state index >= 15 is 0 Å². The van der Waals surface area contributed by atoms with Crippen LogP contribution < -0.4 is 10.1 Å². The molecule has 1 fully saturated rings. The summed E-state index contributed by atoms with van der Waals surface area (Å²) in [7, 11) is 3.12. The van der Waals surface area contributed by atoms with E-state index in [1.165, 1.54) is 13.2 Å². The molecule has 1 saturated heterocycles. The minimum Gasteiger partial charge on any atom is -0.493 e. The fourth-order valence-corrected chi connectivity index (χ4v) is 2.42. The van der Waals surface area contributed by atoms with Crippen LogP contribution in [0.15, 0.2) is 12.1 Å². The second-order valence-electron chi connectivity index (χ2n) is 4.73. The molecular weight excluding hydrogens is 247 g/mol. The van der Waals surface area contributed by atoms with Gasteiger partial charge in [-0.05, 0) is 17.7 Å². The molecule has 1 aliphatic heterocycles. The Bertz CT molecular complexity index is 420. The zero-order valence-corrected chi connectivity index (χ0v) is 11.5. The van der Waals surface area contributed by atoms with Crippen molar-refractivity contribution in [1.82, 2.24) is 10.2 Å². The van der Waals surface area contributed by atoms with Crippen LogP contribution in [0.4, 0.5) is 4.39 Å². The van der Waals surface area contributed by atoms with Crippen molar-refractivity contribution in [3.63, 3.8) is 0 Å². The van der Waals surface area contributed by atoms with Crippen LogP contribution in [0.3, 0.4) is 0 Å². The largest absolute Gasteiger partial charge is 0.493 e. The molecule has 2 rings (SSSR count). The van der Waals surface area contributed by atoms with E-state index in [0.29, 0.717) is 18.9 Å². The minimum absolute atomic E-state index is 0.317. The molecule has 0 radical (unpaired) electrons. The number of piperazine rings is 1. The van der Waals surface area contributed by atoms with Gasteiger partial charge in [-0.15, -0.1) is 0 Å². The minimum atomic E-state index is -0.317. The zero-order valence-electron chi connectivity index (χ0n) is 11.5. The van der Waals surface area contributed by atoms with Crippen molar-refractivity contribution in [2.45, 2.75) is 13.2 Å². The molecule has 0 bridgehead atoms. The van der Waals surface area contributed by atoms with Crippen LogP contribution in [0.5, 0.6) is 5.75 Å². The monoisotopic (exact) mass is 268 g/mol. The number of benzene rings is 1. The number of hydrogen-bond donors (Lipinski definition) is 1. The van der Waals surface area contributed by atoms with Gasteiger partial charge in [-0.3, -0.25) is 4.90 Å². The second kappa shape index (κ2) is 6.84. The first-order chi connectivity index (χ1) is 9.24. The van der Waals surface area contributed by atoms with Crippen LogP contribution in [-0.4, -0.2) is 45.3 Å². The third-order valence-corrected chi connectivity index (χ3v) is 3.30. The van der Waals surface area contributed by atoms with Gasteiger partial charge in [-0.25, -0.2) is 4.39 Å². The van der Waals surface area contributed by atoms with E-state index in [0.717, 1.165) is 37.3 Å². The van der Waals surface area contributed by atoms with E-state index in [4.69, 9.17) is 9.47 Å². The molecule has 0 atom stereocenters. The molecule has 4 nitrogen and oxygen atoms in total. The van der Waals surface area contributed by atoms with Gasteiger partial charge in [0.15, 0.2) is 11.6 Å². The van der Waals surface area contributed by atoms with Crippen molar-refractivity contribution >= 4 is 0 Å². The van der Waals surface area contributed by atoms with Gasteiger partial charge in [0.25, 0.3) is 0 Å². The van der Waals surface area contributed by atoms with Gasteiger partial charge >= 0.3 is 0 Å². The summed E-state index contributed by atoms with van der Waals surface area (Å²) in [5.41, 5.74) is 1.72. The highest BCUT2D eigenvalue weighted by Crippen LogP contribution is 2.26. The first-order valence-corrected chi connectivity index (χ1v) is 6.52. The van der Waals surface area contributed by atoms with E-state index in [-0.39, 0.29) is 5.82 Å². The third kappa shape index (κ3) is 3.65. The Balaban J connectivity index is 2.19. The molecule has 0 unspecified atom stereocenters. The number of nitrogens with zero attached hydrogens (tertiary/aromatic N) is 1. The highest BCUT2D eigenvalue weighted by molar-refractivity contribution is 5.38. The summed E-state index contributed by atoms with van der Waals surface area (Å²) in [6, 6.07) is 3.44. The van der Waals surface area contributed by atoms with Gasteiger partial charge in [0, 0.05) is 45.4 Å². The fraction of sp³-hybridized carbons (Fsp3) is 0.571. The summed E-state index contributed by atoms with van der Waals surface area (Å²) in [4.78, 5) is 2.30. The van der Waals surface area contributed by atoms with Gasteiger partial charge in [-0.1, -0.05) is 0 Å². The first kappa shape index (κ1) is 14.2. The van der Waals surface area contributed by atoms with E-state index in [1.807, 2.05) is 6.07 Å². The fourth-order valence-electron chi connectivity index (χ4n) is 2.42. The Kier molecular flexibility index (Phi) is 5.13. The molecule has 5 heteroatoms. The van der Waals surface area contributed by atoms with E-state index in [9.17, 15) is 4.39 Å². The maximum atomic E-state index is 14.0. The van der Waals surface area contributed by atoms with Crippen molar-refractivity contribution in [2.75, 3.05) is 40.4 Å². The molecule has 1 heterocycles. The molecule has 0 spiro atoms. The SMILES string of the molecule is COCc1cc(F)c(OC)c(CN2CCNCC2)c1. The molecule has 1 aromatic carbocycles. The molecule has 0 saturated carbocycles. The molecule has 0 aliphatic carbocycles. The molecule has 0 amide bonds. The second-order valence-corrected chi connectivity index (χ2v) is 4.73. The summed E-state index contributed by atoms with van der Waals surface area (Å²) < 4.78 is 24.2. The van der Waals surface area contributed by atoms with Gasteiger partial charge in [-0.2, -0.15) is 0 Å². The van der Waals surface area contributed by atoms with Crippen LogP contribution in [0.1, 0.15) is 11.1 Å². The maximum absolute atomic E-state index is 14.0. The maximum Gasteiger partial charge on any atom is 0.165 e. The lowest BCUT2D eigenvalue weighted by molar-refractivity contribution is 0.184. The molecule has 1 aliphatic rings. The first-order valence-electron chi connectivity index (χ1n) is 6.52. The number of methoxy groups -OCH3 is 2. The average molecular weight is 268 g/mol. The van der Waals surface area contributed by atoms with Gasteiger partial charge < -0.3 is 14.8 Å². The lowest BCUT2D eigenvalue weighted by Crippen LogP contribution is -2.42. The van der Waals surface area contributed by atoms with Crippen molar-refractivity contribution in [3.8, 4) is 5.75 Å². The van der Waals surface area contributed by atoms with E-state index in [1.54, 1.807) is 7.11 Å². The standard InChI is InChI=1S/C14H21FN2O2/c1-18-10-11-7-12(14(19-2)13(15)8-11)9-17-5-3-16-4-6-17/h7-8,16H,3-6,9-10H2,1-2H3. The van der Waals surface area contributed by atoms with Gasteiger partial charge in [0.05, 0.1) is 13.7 Å². The van der Waals surface area contributed by atoms with Crippen molar-refractivity contribution in [1.29, 1.82) is 0 Å². The van der Waals surface area contributed by atoms with E-state index in [2.05, 4.69) is 10.2 Å². The Morgan fingerprint density at radius 3 is 2.63 bits per heavy atom. The third-order valence-electron chi connectivity index (χ3n) is 3.30. The number of halogens is 1. The lowest BCUT2D eigenvalue weighted by atomic mass is 10.1. The Hall–Kier alpha value is -1.17. The van der Waals surface area contributed by atoms with Crippen molar-refractivity contribution in [2.24, 2.45) is 0 Å². The predicted molar refractivity (Wildman–Crippen MR) is 71.8 cm³/mol. The molecule has 1 aromatic rings. The topological polar surface area (TPSA) is 33.7 Å².